The Morgan fingerprint density at radius 1 is 1.41 bits per heavy atom. The van der Waals surface area contributed by atoms with Crippen LogP contribution in [-0.4, -0.2) is 41.7 Å². The number of aliphatic hydroxyl groups is 1. The summed E-state index contributed by atoms with van der Waals surface area (Å²) in [5, 5.41) is 18.7. The normalized spacial score (nSPS) is 16.2. The zero-order chi connectivity index (χ0) is 15.9. The van der Waals surface area contributed by atoms with E-state index in [1.165, 1.54) is 0 Å². The Hall–Kier alpha value is -2.32. The lowest BCUT2D eigenvalue weighted by atomic mass is 10.1. The maximum Gasteiger partial charge on any atom is 0.264 e. The number of carbonyl (C=O) groups excluding carboxylic acids is 1. The molecule has 0 saturated carbocycles. The summed E-state index contributed by atoms with van der Waals surface area (Å²) in [4.78, 5) is 14.0. The molecule has 0 aromatic heterocycles. The third kappa shape index (κ3) is 4.09. The maximum atomic E-state index is 12.3. The lowest BCUT2D eigenvalue weighted by Gasteiger charge is -2.29. The summed E-state index contributed by atoms with van der Waals surface area (Å²) in [6.45, 7) is 3.48. The molecule has 1 heterocycles. The highest BCUT2D eigenvalue weighted by atomic mass is 16.5. The molecule has 1 amide bonds. The molecule has 0 radical (unpaired) electrons. The van der Waals surface area contributed by atoms with Gasteiger partial charge in [-0.3, -0.25) is 4.79 Å². The first-order valence-electron chi connectivity index (χ1n) is 7.46. The minimum atomic E-state index is -0.343. The van der Waals surface area contributed by atoms with Gasteiger partial charge < -0.3 is 14.7 Å². The number of nitrogens with zero attached hydrogens (tertiary/aromatic N) is 2. The molecule has 1 aromatic carbocycles. The topological polar surface area (TPSA) is 73.6 Å². The van der Waals surface area contributed by atoms with Gasteiger partial charge in [0.25, 0.3) is 5.91 Å². The first-order chi connectivity index (χ1) is 10.6. The molecule has 0 unspecified atom stereocenters. The number of carbonyl (C=O) groups is 1. The van der Waals surface area contributed by atoms with Crippen molar-refractivity contribution < 1.29 is 14.6 Å². The molecule has 0 spiro atoms. The van der Waals surface area contributed by atoms with E-state index in [-0.39, 0.29) is 17.6 Å². The first-order valence-corrected chi connectivity index (χ1v) is 7.46. The summed E-state index contributed by atoms with van der Waals surface area (Å²) >= 11 is 0. The lowest BCUT2D eigenvalue weighted by Crippen LogP contribution is -2.40. The molecule has 0 bridgehead atoms. The molecule has 1 saturated heterocycles. The summed E-state index contributed by atoms with van der Waals surface area (Å²) < 4.78 is 5.36. The molecule has 5 nitrogen and oxygen atoms in total. The van der Waals surface area contributed by atoms with Crippen LogP contribution >= 0.6 is 0 Å². The van der Waals surface area contributed by atoms with E-state index >= 15 is 0 Å². The van der Waals surface area contributed by atoms with Crippen molar-refractivity contribution >= 4 is 12.0 Å². The van der Waals surface area contributed by atoms with Crippen LogP contribution in [0, 0.1) is 11.3 Å². The number of hydrogen-bond donors (Lipinski definition) is 1. The quantitative estimate of drug-likeness (QED) is 0.681. The second kappa shape index (κ2) is 7.62. The minimum Gasteiger partial charge on any atom is -0.494 e. The molecule has 1 aliphatic heterocycles. The van der Waals surface area contributed by atoms with E-state index in [1.54, 1.807) is 11.0 Å². The van der Waals surface area contributed by atoms with Crippen LogP contribution in [-0.2, 0) is 4.79 Å². The Morgan fingerprint density at radius 2 is 2.05 bits per heavy atom. The molecule has 1 fully saturated rings. The van der Waals surface area contributed by atoms with Crippen LogP contribution in [0.1, 0.15) is 25.3 Å². The van der Waals surface area contributed by atoms with Crippen LogP contribution in [0.3, 0.4) is 0 Å². The monoisotopic (exact) mass is 300 g/mol. The van der Waals surface area contributed by atoms with Crippen molar-refractivity contribution in [3.63, 3.8) is 0 Å². The largest absolute Gasteiger partial charge is 0.494 e. The molecule has 1 N–H and O–H groups in total. The second-order valence-electron chi connectivity index (χ2n) is 5.20. The number of benzene rings is 1. The van der Waals surface area contributed by atoms with Crippen LogP contribution in [0.25, 0.3) is 6.08 Å². The van der Waals surface area contributed by atoms with E-state index in [9.17, 15) is 15.2 Å². The fraction of sp³-hybridized carbons (Fsp3) is 0.412. The molecule has 1 aliphatic rings. The van der Waals surface area contributed by atoms with E-state index in [0.29, 0.717) is 32.5 Å². The predicted molar refractivity (Wildman–Crippen MR) is 83.0 cm³/mol. The Balaban J connectivity index is 2.09. The fourth-order valence-corrected chi connectivity index (χ4v) is 2.37. The smallest absolute Gasteiger partial charge is 0.264 e. The van der Waals surface area contributed by atoms with Gasteiger partial charge in [0.15, 0.2) is 0 Å². The van der Waals surface area contributed by atoms with Crippen molar-refractivity contribution in [2.75, 3.05) is 19.7 Å². The highest BCUT2D eigenvalue weighted by Crippen LogP contribution is 2.17. The summed E-state index contributed by atoms with van der Waals surface area (Å²) in [5.41, 5.74) is 0.894. The lowest BCUT2D eigenvalue weighted by molar-refractivity contribution is -0.128. The first kappa shape index (κ1) is 16.1. The van der Waals surface area contributed by atoms with E-state index < -0.39 is 0 Å². The van der Waals surface area contributed by atoms with Crippen LogP contribution in [0.4, 0.5) is 0 Å². The molecule has 1 aromatic rings. The van der Waals surface area contributed by atoms with Crippen molar-refractivity contribution in [1.29, 1.82) is 5.26 Å². The summed E-state index contributed by atoms with van der Waals surface area (Å²) in [6, 6.07) is 9.23. The molecule has 2 rings (SSSR count). The van der Waals surface area contributed by atoms with Gasteiger partial charge in [-0.2, -0.15) is 5.26 Å². The van der Waals surface area contributed by atoms with Crippen LogP contribution < -0.4 is 4.74 Å². The van der Waals surface area contributed by atoms with E-state index in [0.717, 1.165) is 11.3 Å². The Morgan fingerprint density at radius 3 is 2.59 bits per heavy atom. The molecule has 5 heteroatoms. The SMILES string of the molecule is CCOc1ccc(C=C(C#N)C(=O)N2CCC(O)CC2)cc1. The Bertz CT molecular complexity index is 579. The minimum absolute atomic E-state index is 0.112. The molecular formula is C17H20N2O3. The van der Waals surface area contributed by atoms with Crippen molar-refractivity contribution in [3.05, 3.63) is 35.4 Å². The number of rotatable bonds is 4. The van der Waals surface area contributed by atoms with Gasteiger partial charge in [0.1, 0.15) is 17.4 Å². The average molecular weight is 300 g/mol. The highest BCUT2D eigenvalue weighted by Gasteiger charge is 2.23. The number of ether oxygens (including phenoxy) is 1. The summed E-state index contributed by atoms with van der Waals surface area (Å²) in [6.07, 6.45) is 2.37. The number of piperidine rings is 1. The van der Waals surface area contributed by atoms with Gasteiger partial charge in [-0.1, -0.05) is 12.1 Å². The van der Waals surface area contributed by atoms with Crippen LogP contribution in [0.2, 0.25) is 0 Å². The third-order valence-corrected chi connectivity index (χ3v) is 3.60. The van der Waals surface area contributed by atoms with Gasteiger partial charge in [0, 0.05) is 13.1 Å². The second-order valence-corrected chi connectivity index (χ2v) is 5.20. The zero-order valence-corrected chi connectivity index (χ0v) is 12.7. The van der Waals surface area contributed by atoms with E-state index in [4.69, 9.17) is 4.74 Å². The predicted octanol–water partition coefficient (Wildman–Crippen LogP) is 1.98. The van der Waals surface area contributed by atoms with E-state index in [2.05, 4.69) is 0 Å². The molecular weight excluding hydrogens is 280 g/mol. The fourth-order valence-electron chi connectivity index (χ4n) is 2.37. The molecule has 22 heavy (non-hydrogen) atoms. The van der Waals surface area contributed by atoms with Gasteiger partial charge in [-0.15, -0.1) is 0 Å². The summed E-state index contributed by atoms with van der Waals surface area (Å²) in [5.74, 6) is 0.484. The number of likely N-dealkylation sites (tertiary alicyclic amines) is 1. The van der Waals surface area contributed by atoms with Crippen molar-refractivity contribution in [2.24, 2.45) is 0 Å². The van der Waals surface area contributed by atoms with Crippen LogP contribution in [0.5, 0.6) is 5.75 Å². The number of aliphatic hydroxyl groups excluding tert-OH is 1. The van der Waals surface area contributed by atoms with Crippen molar-refractivity contribution in [2.45, 2.75) is 25.9 Å². The molecule has 0 atom stereocenters. The van der Waals surface area contributed by atoms with Crippen LogP contribution in [0.15, 0.2) is 29.8 Å². The summed E-state index contributed by atoms with van der Waals surface area (Å²) in [7, 11) is 0. The van der Waals surface area contributed by atoms with Gasteiger partial charge in [0.05, 0.1) is 12.7 Å². The van der Waals surface area contributed by atoms with Gasteiger partial charge in [-0.25, -0.2) is 0 Å². The van der Waals surface area contributed by atoms with Gasteiger partial charge >= 0.3 is 0 Å². The third-order valence-electron chi connectivity index (χ3n) is 3.60. The average Bonchev–Trinajstić information content (AvgIpc) is 2.54. The molecule has 116 valence electrons. The molecule has 0 aliphatic carbocycles. The maximum absolute atomic E-state index is 12.3. The highest BCUT2D eigenvalue weighted by molar-refractivity contribution is 6.01. The van der Waals surface area contributed by atoms with Crippen molar-refractivity contribution in [1.82, 2.24) is 4.90 Å². The standard InChI is InChI=1S/C17H20N2O3/c1-2-22-16-5-3-13(4-6-16)11-14(12-18)17(21)19-9-7-15(20)8-10-19/h3-6,11,15,20H,2,7-10H2,1H3. The number of amides is 1. The number of hydrogen-bond acceptors (Lipinski definition) is 4. The van der Waals surface area contributed by atoms with Gasteiger partial charge in [0.2, 0.25) is 0 Å². The number of nitriles is 1. The zero-order valence-electron chi connectivity index (χ0n) is 12.7. The van der Waals surface area contributed by atoms with Crippen molar-refractivity contribution in [3.8, 4) is 11.8 Å². The van der Waals surface area contributed by atoms with E-state index in [1.807, 2.05) is 37.3 Å². The van der Waals surface area contributed by atoms with Gasteiger partial charge in [-0.05, 0) is 43.5 Å². The Kier molecular flexibility index (Phi) is 5.56. The Labute approximate surface area is 130 Å².